The van der Waals surface area contributed by atoms with Gasteiger partial charge in [0, 0.05) is 38.4 Å². The lowest BCUT2D eigenvalue weighted by atomic mass is 10.1. The topological polar surface area (TPSA) is 92.6 Å². The lowest BCUT2D eigenvalue weighted by Crippen LogP contribution is -2.48. The van der Waals surface area contributed by atoms with Crippen molar-refractivity contribution in [3.8, 4) is 0 Å². The molecule has 0 fully saturated rings. The van der Waals surface area contributed by atoms with Crippen LogP contribution in [0.2, 0.25) is 0 Å². The third-order valence-electron chi connectivity index (χ3n) is 4.04. The van der Waals surface area contributed by atoms with Crippen molar-refractivity contribution >= 4 is 12.1 Å². The van der Waals surface area contributed by atoms with E-state index in [1.165, 1.54) is 5.69 Å². The average molecular weight is 395 g/mol. The molecule has 0 aromatic carbocycles. The Labute approximate surface area is 169 Å². The molecule has 0 saturated carbocycles. The number of amides is 1. The number of ether oxygens (including phenoxy) is 1. The highest BCUT2D eigenvalue weighted by Crippen LogP contribution is 2.07. The van der Waals surface area contributed by atoms with Crippen LogP contribution in [0.3, 0.4) is 0 Å². The molecule has 0 spiro atoms. The number of alkyl carbamates (subject to hydrolysis) is 1. The van der Waals surface area contributed by atoms with E-state index in [0.717, 1.165) is 44.0 Å². The highest BCUT2D eigenvalue weighted by atomic mass is 16.6. The van der Waals surface area contributed by atoms with E-state index in [9.17, 15) is 4.79 Å². The zero-order valence-corrected chi connectivity index (χ0v) is 18.6. The highest BCUT2D eigenvalue weighted by Gasteiger charge is 2.19. The van der Waals surface area contributed by atoms with E-state index in [-0.39, 0.29) is 12.1 Å². The summed E-state index contributed by atoms with van der Waals surface area (Å²) in [4.78, 5) is 16.3. The maximum atomic E-state index is 12.0. The van der Waals surface area contributed by atoms with Crippen LogP contribution in [0.15, 0.2) is 11.1 Å². The smallest absolute Gasteiger partial charge is 0.407 e. The summed E-state index contributed by atoms with van der Waals surface area (Å²) in [5.74, 6) is 0.723. The van der Waals surface area contributed by atoms with Crippen LogP contribution in [0.5, 0.6) is 0 Å². The van der Waals surface area contributed by atoms with Crippen LogP contribution >= 0.6 is 0 Å². The molecule has 1 heterocycles. The third-order valence-corrected chi connectivity index (χ3v) is 4.04. The summed E-state index contributed by atoms with van der Waals surface area (Å²) < 4.78 is 7.37. The number of carbonyl (C=O) groups excluding carboxylic acids is 1. The normalized spacial score (nSPS) is 13.2. The summed E-state index contributed by atoms with van der Waals surface area (Å²) in [6.07, 6.45) is 2.38. The van der Waals surface area contributed by atoms with E-state index in [1.807, 2.05) is 32.4 Å². The molecule has 0 radical (unpaired) electrons. The number of hydrogen-bond acceptors (Lipinski definition) is 4. The molecule has 1 atom stereocenters. The Hall–Kier alpha value is -2.25. The van der Waals surface area contributed by atoms with Gasteiger partial charge in [0.25, 0.3) is 0 Å². The molecule has 3 N–H and O–H groups in total. The molecule has 0 bridgehead atoms. The minimum absolute atomic E-state index is 0.0203. The number of aryl methyl sites for hydroxylation is 3. The summed E-state index contributed by atoms with van der Waals surface area (Å²) in [5.41, 5.74) is 1.72. The molecule has 1 rings (SSSR count). The van der Waals surface area contributed by atoms with Gasteiger partial charge in [-0.2, -0.15) is 5.10 Å². The first-order valence-electron chi connectivity index (χ1n) is 10.1. The lowest BCUT2D eigenvalue weighted by Gasteiger charge is -2.24. The predicted octanol–water partition coefficient (Wildman–Crippen LogP) is 2.75. The van der Waals surface area contributed by atoms with E-state index in [0.29, 0.717) is 6.54 Å². The number of aliphatic imine (C=N–C) groups is 1. The van der Waals surface area contributed by atoms with Crippen LogP contribution in [0.1, 0.15) is 58.3 Å². The number of carbonyl (C=O) groups is 1. The Bertz CT molecular complexity index is 633. The summed E-state index contributed by atoms with van der Waals surface area (Å²) in [7, 11) is 1.74. The molecule has 0 aliphatic heterocycles. The zero-order valence-electron chi connectivity index (χ0n) is 18.6. The van der Waals surface area contributed by atoms with Crippen LogP contribution < -0.4 is 16.0 Å². The first-order chi connectivity index (χ1) is 13.1. The summed E-state index contributed by atoms with van der Waals surface area (Å²) in [6.45, 7) is 14.0. The van der Waals surface area contributed by atoms with Crippen LogP contribution in [-0.4, -0.2) is 53.6 Å². The Kier molecular flexibility index (Phi) is 9.82. The number of rotatable bonds is 9. The second kappa shape index (κ2) is 11.6. The van der Waals surface area contributed by atoms with Gasteiger partial charge in [-0.25, -0.2) is 4.79 Å². The van der Waals surface area contributed by atoms with Gasteiger partial charge < -0.3 is 20.7 Å². The first-order valence-corrected chi connectivity index (χ1v) is 10.1. The van der Waals surface area contributed by atoms with E-state index in [1.54, 1.807) is 7.05 Å². The third kappa shape index (κ3) is 9.62. The van der Waals surface area contributed by atoms with Crippen LogP contribution in [0, 0.1) is 13.8 Å². The molecular formula is C20H38N6O2. The van der Waals surface area contributed by atoms with Gasteiger partial charge in [0.05, 0.1) is 5.69 Å². The molecule has 28 heavy (non-hydrogen) atoms. The molecule has 0 aliphatic rings. The van der Waals surface area contributed by atoms with E-state index in [2.05, 4.69) is 46.0 Å². The van der Waals surface area contributed by atoms with Crippen molar-refractivity contribution in [1.82, 2.24) is 25.7 Å². The average Bonchev–Trinajstić information content (AvgIpc) is 2.90. The van der Waals surface area contributed by atoms with Crippen molar-refractivity contribution in [2.24, 2.45) is 4.99 Å². The minimum atomic E-state index is -0.503. The Morgan fingerprint density at radius 2 is 2.04 bits per heavy atom. The summed E-state index contributed by atoms with van der Waals surface area (Å²) in [6, 6.07) is 2.06. The lowest BCUT2D eigenvalue weighted by molar-refractivity contribution is 0.0502. The van der Waals surface area contributed by atoms with Crippen molar-refractivity contribution < 1.29 is 9.53 Å². The van der Waals surface area contributed by atoms with Crippen molar-refractivity contribution in [2.75, 3.05) is 20.1 Å². The number of hydrogen-bond donors (Lipinski definition) is 3. The molecule has 1 unspecified atom stereocenters. The van der Waals surface area contributed by atoms with Gasteiger partial charge in [-0.3, -0.25) is 9.67 Å². The van der Waals surface area contributed by atoms with Gasteiger partial charge in [0.2, 0.25) is 0 Å². The zero-order chi connectivity index (χ0) is 21.2. The second-order valence-corrected chi connectivity index (χ2v) is 8.02. The monoisotopic (exact) mass is 394 g/mol. The van der Waals surface area contributed by atoms with Crippen molar-refractivity contribution in [3.05, 3.63) is 17.5 Å². The standard InChI is InChI=1S/C20H38N6O2/c1-8-10-17(24-19(27)28-20(4,5)6)14-23-18(21-7)22-11-9-12-26-16(3)13-15(2)25-26/h13,17H,8-12,14H2,1-7H3,(H,24,27)(H2,21,22,23). The molecule has 160 valence electrons. The first kappa shape index (κ1) is 23.8. The van der Waals surface area contributed by atoms with Crippen molar-refractivity contribution in [3.63, 3.8) is 0 Å². The van der Waals surface area contributed by atoms with Gasteiger partial charge in [0.1, 0.15) is 5.60 Å². The van der Waals surface area contributed by atoms with E-state index in [4.69, 9.17) is 4.74 Å². The Morgan fingerprint density at radius 1 is 1.32 bits per heavy atom. The number of aromatic nitrogens is 2. The Balaban J connectivity index is 2.38. The highest BCUT2D eigenvalue weighted by molar-refractivity contribution is 5.79. The maximum Gasteiger partial charge on any atom is 0.407 e. The van der Waals surface area contributed by atoms with Crippen LogP contribution in [0.25, 0.3) is 0 Å². The van der Waals surface area contributed by atoms with Gasteiger partial charge in [-0.1, -0.05) is 13.3 Å². The van der Waals surface area contributed by atoms with Gasteiger partial charge in [-0.15, -0.1) is 0 Å². The minimum Gasteiger partial charge on any atom is -0.444 e. The molecule has 1 aromatic rings. The molecule has 1 amide bonds. The molecular weight excluding hydrogens is 356 g/mol. The van der Waals surface area contributed by atoms with Gasteiger partial charge in [0.15, 0.2) is 5.96 Å². The second-order valence-electron chi connectivity index (χ2n) is 8.02. The van der Waals surface area contributed by atoms with E-state index < -0.39 is 5.60 Å². The summed E-state index contributed by atoms with van der Waals surface area (Å²) >= 11 is 0. The van der Waals surface area contributed by atoms with Gasteiger partial charge in [-0.05, 0) is 53.5 Å². The molecule has 1 aromatic heterocycles. The van der Waals surface area contributed by atoms with Crippen LogP contribution in [-0.2, 0) is 11.3 Å². The molecule has 0 saturated heterocycles. The van der Waals surface area contributed by atoms with E-state index >= 15 is 0 Å². The van der Waals surface area contributed by atoms with Crippen LogP contribution in [0.4, 0.5) is 4.79 Å². The van der Waals surface area contributed by atoms with Crippen molar-refractivity contribution in [2.45, 2.75) is 79.0 Å². The largest absolute Gasteiger partial charge is 0.444 e. The fourth-order valence-corrected chi connectivity index (χ4v) is 2.83. The molecule has 8 nitrogen and oxygen atoms in total. The van der Waals surface area contributed by atoms with Crippen molar-refractivity contribution in [1.29, 1.82) is 0 Å². The molecule has 0 aliphatic carbocycles. The number of guanidine groups is 1. The number of nitrogens with zero attached hydrogens (tertiary/aromatic N) is 3. The maximum absolute atomic E-state index is 12.0. The fraction of sp³-hybridized carbons (Fsp3) is 0.750. The summed E-state index contributed by atoms with van der Waals surface area (Å²) in [5, 5.41) is 14.0. The fourth-order valence-electron chi connectivity index (χ4n) is 2.83. The quantitative estimate of drug-likeness (QED) is 0.340. The Morgan fingerprint density at radius 3 is 2.57 bits per heavy atom. The predicted molar refractivity (Wildman–Crippen MR) is 114 cm³/mol. The molecule has 8 heteroatoms. The van der Waals surface area contributed by atoms with Gasteiger partial charge >= 0.3 is 6.09 Å². The SMILES string of the molecule is CCCC(CNC(=NC)NCCCn1nc(C)cc1C)NC(=O)OC(C)(C)C. The number of nitrogens with one attached hydrogen (secondary N) is 3.